The zero-order valence-corrected chi connectivity index (χ0v) is 12.6. The Bertz CT molecular complexity index is 540. The average molecular weight is 304 g/mol. The molecule has 1 saturated heterocycles. The van der Waals surface area contributed by atoms with Gasteiger partial charge in [0.25, 0.3) is 0 Å². The van der Waals surface area contributed by atoms with Crippen LogP contribution in [0.4, 0.5) is 5.82 Å². The summed E-state index contributed by atoms with van der Waals surface area (Å²) in [6.45, 7) is 5.21. The van der Waals surface area contributed by atoms with E-state index in [-0.39, 0.29) is 5.82 Å². The molecule has 1 aliphatic rings. The highest BCUT2D eigenvalue weighted by molar-refractivity contribution is 7.90. The van der Waals surface area contributed by atoms with Gasteiger partial charge in [-0.05, 0) is 24.3 Å². The molecule has 1 aliphatic heterocycles. The number of hydrogen-bond acceptors (Lipinski definition) is 3. The molecule has 19 heavy (non-hydrogen) atoms. The van der Waals surface area contributed by atoms with Gasteiger partial charge >= 0.3 is 10.2 Å². The number of rotatable bonds is 3. The molecule has 0 aromatic carbocycles. The monoisotopic (exact) mass is 303 g/mol. The summed E-state index contributed by atoms with van der Waals surface area (Å²) >= 11 is 5.82. The van der Waals surface area contributed by atoms with Crippen molar-refractivity contribution < 1.29 is 8.42 Å². The van der Waals surface area contributed by atoms with Gasteiger partial charge in [0.1, 0.15) is 5.82 Å². The minimum atomic E-state index is -3.56. The molecule has 2 rings (SSSR count). The van der Waals surface area contributed by atoms with Crippen LogP contribution in [0.15, 0.2) is 18.3 Å². The van der Waals surface area contributed by atoms with Crippen molar-refractivity contribution in [2.45, 2.75) is 20.3 Å². The highest BCUT2D eigenvalue weighted by Gasteiger charge is 2.30. The Hall–Kier alpha value is -0.850. The summed E-state index contributed by atoms with van der Waals surface area (Å²) in [5, 5.41) is 0.452. The first-order valence-corrected chi connectivity index (χ1v) is 8.08. The van der Waals surface area contributed by atoms with E-state index in [4.69, 9.17) is 11.6 Å². The predicted octanol–water partition coefficient (Wildman–Crippen LogP) is 2.37. The Balaban J connectivity index is 2.14. The van der Waals surface area contributed by atoms with Gasteiger partial charge in [-0.15, -0.1) is 0 Å². The smallest absolute Gasteiger partial charge is 0.254 e. The summed E-state index contributed by atoms with van der Waals surface area (Å²) in [4.78, 5) is 3.96. The van der Waals surface area contributed by atoms with Gasteiger partial charge in [-0.25, -0.2) is 4.98 Å². The van der Waals surface area contributed by atoms with Gasteiger partial charge in [0.05, 0.1) is 0 Å². The molecule has 0 saturated carbocycles. The fraction of sp³-hybridized carbons (Fsp3) is 0.583. The standard InChI is InChI=1S/C12H18ClN3O2S/c1-9-5-10(2)8-16(7-9)19(17,18)15-12-6-11(13)3-4-14-12/h3-4,6,9-10H,5,7-8H2,1-2H3,(H,14,15). The lowest BCUT2D eigenvalue weighted by atomic mass is 9.94. The Morgan fingerprint density at radius 1 is 1.37 bits per heavy atom. The number of piperidine rings is 1. The molecule has 106 valence electrons. The summed E-state index contributed by atoms with van der Waals surface area (Å²) in [5.74, 6) is 0.985. The average Bonchev–Trinajstić information content (AvgIpc) is 2.26. The second kappa shape index (κ2) is 5.64. The predicted molar refractivity (Wildman–Crippen MR) is 76.3 cm³/mol. The summed E-state index contributed by atoms with van der Waals surface area (Å²) < 4.78 is 28.5. The second-order valence-corrected chi connectivity index (χ2v) is 7.34. The molecule has 0 spiro atoms. The molecular formula is C12H18ClN3O2S. The molecule has 5 nitrogen and oxygen atoms in total. The number of halogens is 1. The van der Waals surface area contributed by atoms with Crippen molar-refractivity contribution in [3.63, 3.8) is 0 Å². The zero-order valence-electron chi connectivity index (χ0n) is 11.0. The van der Waals surface area contributed by atoms with Gasteiger partial charge in [-0.1, -0.05) is 25.4 Å². The van der Waals surface area contributed by atoms with Crippen LogP contribution in [0.3, 0.4) is 0 Å². The Morgan fingerprint density at radius 3 is 2.58 bits per heavy atom. The van der Waals surface area contributed by atoms with E-state index in [1.54, 1.807) is 6.07 Å². The number of anilines is 1. The van der Waals surface area contributed by atoms with E-state index in [0.29, 0.717) is 29.9 Å². The summed E-state index contributed by atoms with van der Waals surface area (Å²) in [6.07, 6.45) is 2.53. The maximum atomic E-state index is 12.3. The van der Waals surface area contributed by atoms with Gasteiger partial charge in [0, 0.05) is 30.4 Å². The minimum Gasteiger partial charge on any atom is -0.254 e. The number of nitrogens with one attached hydrogen (secondary N) is 1. The third kappa shape index (κ3) is 3.81. The highest BCUT2D eigenvalue weighted by atomic mass is 35.5. The number of nitrogens with zero attached hydrogens (tertiary/aromatic N) is 2. The Morgan fingerprint density at radius 2 is 2.00 bits per heavy atom. The van der Waals surface area contributed by atoms with Crippen LogP contribution in [0.1, 0.15) is 20.3 Å². The summed E-state index contributed by atoms with van der Waals surface area (Å²) in [6, 6.07) is 3.10. The molecule has 2 unspecified atom stereocenters. The molecule has 0 aliphatic carbocycles. The lowest BCUT2D eigenvalue weighted by Crippen LogP contribution is -2.45. The lowest BCUT2D eigenvalue weighted by Gasteiger charge is -2.33. The molecule has 2 atom stereocenters. The second-order valence-electron chi connectivity index (χ2n) is 5.23. The number of aromatic nitrogens is 1. The minimum absolute atomic E-state index is 0.248. The van der Waals surface area contributed by atoms with Gasteiger partial charge < -0.3 is 0 Å². The van der Waals surface area contributed by atoms with Crippen molar-refractivity contribution in [1.29, 1.82) is 0 Å². The maximum Gasteiger partial charge on any atom is 0.302 e. The van der Waals surface area contributed by atoms with E-state index in [2.05, 4.69) is 23.6 Å². The quantitative estimate of drug-likeness (QED) is 0.932. The summed E-state index contributed by atoms with van der Waals surface area (Å²) in [7, 11) is -3.56. The SMILES string of the molecule is CC1CC(C)CN(S(=O)(=O)Nc2cc(Cl)ccn2)C1. The first-order chi connectivity index (χ1) is 8.87. The van der Waals surface area contributed by atoms with Crippen LogP contribution >= 0.6 is 11.6 Å². The van der Waals surface area contributed by atoms with E-state index in [9.17, 15) is 8.42 Å². The van der Waals surface area contributed by atoms with Gasteiger partial charge in [0.15, 0.2) is 0 Å². The molecule has 1 aromatic heterocycles. The van der Waals surface area contributed by atoms with Crippen molar-refractivity contribution in [2.75, 3.05) is 17.8 Å². The van der Waals surface area contributed by atoms with Crippen LogP contribution in [-0.4, -0.2) is 30.8 Å². The molecule has 1 fully saturated rings. The summed E-state index contributed by atoms with van der Waals surface area (Å²) in [5.41, 5.74) is 0. The van der Waals surface area contributed by atoms with E-state index in [1.807, 2.05) is 0 Å². The molecule has 1 aromatic rings. The van der Waals surface area contributed by atoms with Crippen LogP contribution in [0.2, 0.25) is 5.02 Å². The third-order valence-corrected chi connectivity index (χ3v) is 4.81. The third-order valence-electron chi connectivity index (χ3n) is 3.13. The molecule has 7 heteroatoms. The van der Waals surface area contributed by atoms with E-state index < -0.39 is 10.2 Å². The van der Waals surface area contributed by atoms with Crippen LogP contribution in [0, 0.1) is 11.8 Å². The molecule has 2 heterocycles. The molecule has 0 amide bonds. The fourth-order valence-electron chi connectivity index (χ4n) is 2.46. The molecule has 0 radical (unpaired) electrons. The lowest BCUT2D eigenvalue weighted by molar-refractivity contribution is 0.223. The van der Waals surface area contributed by atoms with Crippen molar-refractivity contribution in [3.05, 3.63) is 23.4 Å². The molecule has 1 N–H and O–H groups in total. The first-order valence-electron chi connectivity index (χ1n) is 6.26. The van der Waals surface area contributed by atoms with Gasteiger partial charge in [-0.2, -0.15) is 12.7 Å². The Kier molecular flexibility index (Phi) is 4.32. The molecular weight excluding hydrogens is 286 g/mol. The number of pyridine rings is 1. The van der Waals surface area contributed by atoms with Crippen molar-refractivity contribution in [2.24, 2.45) is 11.8 Å². The fourth-order valence-corrected chi connectivity index (χ4v) is 4.03. The van der Waals surface area contributed by atoms with E-state index >= 15 is 0 Å². The first kappa shape index (κ1) is 14.6. The van der Waals surface area contributed by atoms with Crippen LogP contribution in [-0.2, 0) is 10.2 Å². The normalized spacial score (nSPS) is 25.2. The van der Waals surface area contributed by atoms with E-state index in [1.165, 1.54) is 16.6 Å². The van der Waals surface area contributed by atoms with Crippen LogP contribution in [0.25, 0.3) is 0 Å². The van der Waals surface area contributed by atoms with Crippen molar-refractivity contribution in [1.82, 2.24) is 9.29 Å². The zero-order chi connectivity index (χ0) is 14.0. The largest absolute Gasteiger partial charge is 0.302 e. The topological polar surface area (TPSA) is 62.3 Å². The van der Waals surface area contributed by atoms with E-state index in [0.717, 1.165) is 6.42 Å². The maximum absolute atomic E-state index is 12.3. The van der Waals surface area contributed by atoms with Gasteiger partial charge in [0.2, 0.25) is 0 Å². The molecule has 0 bridgehead atoms. The van der Waals surface area contributed by atoms with Crippen molar-refractivity contribution in [3.8, 4) is 0 Å². The highest BCUT2D eigenvalue weighted by Crippen LogP contribution is 2.24. The number of hydrogen-bond donors (Lipinski definition) is 1. The van der Waals surface area contributed by atoms with Crippen LogP contribution < -0.4 is 4.72 Å². The van der Waals surface area contributed by atoms with Gasteiger partial charge in [-0.3, -0.25) is 4.72 Å². The Labute approximate surface area is 119 Å². The van der Waals surface area contributed by atoms with Crippen LogP contribution in [0.5, 0.6) is 0 Å². The van der Waals surface area contributed by atoms with Crippen molar-refractivity contribution >= 4 is 27.6 Å².